The molecule has 5 nitrogen and oxygen atoms in total. The van der Waals surface area contributed by atoms with Gasteiger partial charge >= 0.3 is 11.9 Å². The topological polar surface area (TPSA) is 64.6 Å². The molecule has 0 saturated heterocycles. The van der Waals surface area contributed by atoms with Gasteiger partial charge in [-0.3, -0.25) is 10.1 Å². The van der Waals surface area contributed by atoms with Gasteiger partial charge in [-0.1, -0.05) is 32.4 Å². The molecule has 0 aromatic heterocycles. The second kappa shape index (κ2) is 9.25. The first-order valence-electron chi connectivity index (χ1n) is 5.64. The number of esters is 2. The average Bonchev–Trinajstić information content (AvgIpc) is 2.34. The second-order valence-corrected chi connectivity index (χ2v) is 3.98. The summed E-state index contributed by atoms with van der Waals surface area (Å²) in [6.45, 7) is 7.55. The van der Waals surface area contributed by atoms with E-state index in [1.165, 1.54) is 6.08 Å². The van der Waals surface area contributed by atoms with Gasteiger partial charge in [-0.2, -0.15) is 0 Å². The Kier molecular flexibility index (Phi) is 8.33. The molecular weight excluding hydrogens is 234 g/mol. The van der Waals surface area contributed by atoms with Crippen LogP contribution in [0.2, 0.25) is 0 Å². The Balaban J connectivity index is 4.00. The van der Waals surface area contributed by atoms with Gasteiger partial charge in [-0.25, -0.2) is 4.79 Å². The molecule has 5 heteroatoms. The summed E-state index contributed by atoms with van der Waals surface area (Å²) in [5.74, 6) is 1.39. The van der Waals surface area contributed by atoms with Crippen molar-refractivity contribution in [2.45, 2.75) is 19.9 Å². The fourth-order valence-electron chi connectivity index (χ4n) is 0.931. The molecule has 1 unspecified atom stereocenters. The SMILES string of the molecule is C#CC(NCC(=O)OCC(C)C)C(=O)OCC=C. The minimum atomic E-state index is -0.962. The Bertz CT molecular complexity index is 330. The molecule has 18 heavy (non-hydrogen) atoms. The van der Waals surface area contributed by atoms with Gasteiger partial charge in [0.1, 0.15) is 6.61 Å². The molecule has 0 saturated carbocycles. The Morgan fingerprint density at radius 3 is 2.61 bits per heavy atom. The minimum absolute atomic E-state index is 0.0799. The van der Waals surface area contributed by atoms with Crippen LogP contribution in [0.15, 0.2) is 12.7 Å². The van der Waals surface area contributed by atoms with E-state index in [0.29, 0.717) is 6.61 Å². The first-order valence-corrected chi connectivity index (χ1v) is 5.64. The summed E-state index contributed by atoms with van der Waals surface area (Å²) in [7, 11) is 0. The van der Waals surface area contributed by atoms with Crippen LogP contribution in [0.25, 0.3) is 0 Å². The molecule has 0 radical (unpaired) electrons. The summed E-state index contributed by atoms with van der Waals surface area (Å²) < 4.78 is 9.68. The monoisotopic (exact) mass is 253 g/mol. The number of nitrogens with one attached hydrogen (secondary N) is 1. The maximum atomic E-state index is 11.4. The van der Waals surface area contributed by atoms with Crippen LogP contribution in [0, 0.1) is 18.3 Å². The van der Waals surface area contributed by atoms with E-state index in [2.05, 4.69) is 17.8 Å². The normalized spacial score (nSPS) is 11.4. The summed E-state index contributed by atoms with van der Waals surface area (Å²) in [6.07, 6.45) is 6.60. The fourth-order valence-corrected chi connectivity index (χ4v) is 0.931. The molecule has 0 fully saturated rings. The van der Waals surface area contributed by atoms with E-state index in [1.54, 1.807) is 0 Å². The summed E-state index contributed by atoms with van der Waals surface area (Å²) in [6, 6.07) is -0.962. The van der Waals surface area contributed by atoms with Crippen molar-refractivity contribution in [3.05, 3.63) is 12.7 Å². The van der Waals surface area contributed by atoms with Crippen molar-refractivity contribution >= 4 is 11.9 Å². The summed E-state index contributed by atoms with van der Waals surface area (Å²) in [5.41, 5.74) is 0. The van der Waals surface area contributed by atoms with Gasteiger partial charge in [-0.05, 0) is 5.92 Å². The van der Waals surface area contributed by atoms with Gasteiger partial charge in [0.25, 0.3) is 0 Å². The van der Waals surface area contributed by atoms with Crippen molar-refractivity contribution in [1.29, 1.82) is 0 Å². The Morgan fingerprint density at radius 2 is 2.11 bits per heavy atom. The number of carbonyl (C=O) groups excluding carboxylic acids is 2. The molecule has 0 spiro atoms. The van der Waals surface area contributed by atoms with Crippen LogP contribution in [0.5, 0.6) is 0 Å². The number of terminal acetylenes is 1. The zero-order valence-electron chi connectivity index (χ0n) is 10.8. The number of ether oxygens (including phenoxy) is 2. The summed E-state index contributed by atoms with van der Waals surface area (Å²) in [5, 5.41) is 2.58. The number of rotatable bonds is 8. The van der Waals surface area contributed by atoms with Gasteiger partial charge in [0, 0.05) is 0 Å². The average molecular weight is 253 g/mol. The third-order valence-corrected chi connectivity index (χ3v) is 1.77. The zero-order valence-corrected chi connectivity index (χ0v) is 10.8. The lowest BCUT2D eigenvalue weighted by Crippen LogP contribution is -2.40. The van der Waals surface area contributed by atoms with Gasteiger partial charge in [-0.15, -0.1) is 6.42 Å². The Hall–Kier alpha value is -1.80. The number of carbonyl (C=O) groups is 2. The maximum absolute atomic E-state index is 11.4. The number of hydrogen-bond acceptors (Lipinski definition) is 5. The molecule has 0 aromatic rings. The van der Waals surface area contributed by atoms with E-state index in [9.17, 15) is 9.59 Å². The molecule has 0 aliphatic carbocycles. The molecule has 0 amide bonds. The molecule has 0 heterocycles. The first-order chi connectivity index (χ1) is 8.51. The highest BCUT2D eigenvalue weighted by atomic mass is 16.5. The lowest BCUT2D eigenvalue weighted by molar-refractivity contribution is -0.145. The maximum Gasteiger partial charge on any atom is 0.336 e. The zero-order chi connectivity index (χ0) is 14.0. The van der Waals surface area contributed by atoms with Crippen molar-refractivity contribution in [3.63, 3.8) is 0 Å². The molecule has 0 bridgehead atoms. The quantitative estimate of drug-likeness (QED) is 0.388. The third-order valence-electron chi connectivity index (χ3n) is 1.77. The predicted octanol–water partition coefficient (Wildman–Crippen LogP) is 0.506. The molecule has 100 valence electrons. The van der Waals surface area contributed by atoms with Crippen LogP contribution in [0.4, 0.5) is 0 Å². The standard InChI is InChI=1S/C13H19NO4/c1-5-7-17-13(16)11(6-2)14-8-12(15)18-9-10(3)4/h2,5,10-11,14H,1,7-9H2,3-4H3. The minimum Gasteiger partial charge on any atom is -0.464 e. The highest BCUT2D eigenvalue weighted by molar-refractivity contribution is 5.80. The van der Waals surface area contributed by atoms with E-state index in [0.717, 1.165) is 0 Å². The van der Waals surface area contributed by atoms with Gasteiger partial charge in [0.15, 0.2) is 6.04 Å². The highest BCUT2D eigenvalue weighted by Crippen LogP contribution is 1.93. The van der Waals surface area contributed by atoms with Crippen LogP contribution >= 0.6 is 0 Å². The van der Waals surface area contributed by atoms with Crippen molar-refractivity contribution in [3.8, 4) is 12.3 Å². The van der Waals surface area contributed by atoms with E-state index < -0.39 is 18.0 Å². The van der Waals surface area contributed by atoms with Gasteiger partial charge in [0.05, 0.1) is 13.2 Å². The Labute approximate surface area is 108 Å². The van der Waals surface area contributed by atoms with Gasteiger partial charge in [0.2, 0.25) is 0 Å². The van der Waals surface area contributed by atoms with Gasteiger partial charge < -0.3 is 9.47 Å². The van der Waals surface area contributed by atoms with E-state index in [-0.39, 0.29) is 19.1 Å². The Morgan fingerprint density at radius 1 is 1.44 bits per heavy atom. The van der Waals surface area contributed by atoms with Crippen molar-refractivity contribution in [2.24, 2.45) is 5.92 Å². The molecular formula is C13H19NO4. The van der Waals surface area contributed by atoms with Crippen molar-refractivity contribution in [2.75, 3.05) is 19.8 Å². The molecule has 0 aliphatic heterocycles. The van der Waals surface area contributed by atoms with Crippen LogP contribution in [-0.4, -0.2) is 37.7 Å². The number of hydrogen-bond donors (Lipinski definition) is 1. The third kappa shape index (κ3) is 7.47. The largest absolute Gasteiger partial charge is 0.464 e. The summed E-state index contributed by atoms with van der Waals surface area (Å²) >= 11 is 0. The lowest BCUT2D eigenvalue weighted by atomic mass is 10.2. The molecule has 1 N–H and O–H groups in total. The van der Waals surface area contributed by atoms with E-state index in [4.69, 9.17) is 15.9 Å². The summed E-state index contributed by atoms with van der Waals surface area (Å²) in [4.78, 5) is 22.7. The highest BCUT2D eigenvalue weighted by Gasteiger charge is 2.17. The lowest BCUT2D eigenvalue weighted by Gasteiger charge is -2.12. The van der Waals surface area contributed by atoms with Crippen LogP contribution in [0.3, 0.4) is 0 Å². The van der Waals surface area contributed by atoms with Crippen molar-refractivity contribution < 1.29 is 19.1 Å². The molecule has 0 aromatic carbocycles. The first kappa shape index (κ1) is 16.2. The van der Waals surface area contributed by atoms with Crippen LogP contribution < -0.4 is 5.32 Å². The second-order valence-electron chi connectivity index (χ2n) is 3.98. The fraction of sp³-hybridized carbons (Fsp3) is 0.538. The molecule has 1 atom stereocenters. The van der Waals surface area contributed by atoms with Crippen LogP contribution in [0.1, 0.15) is 13.8 Å². The van der Waals surface area contributed by atoms with Crippen molar-refractivity contribution in [1.82, 2.24) is 5.32 Å². The smallest absolute Gasteiger partial charge is 0.336 e. The molecule has 0 rings (SSSR count). The van der Waals surface area contributed by atoms with E-state index in [1.807, 2.05) is 13.8 Å². The van der Waals surface area contributed by atoms with E-state index >= 15 is 0 Å². The molecule has 0 aliphatic rings. The predicted molar refractivity (Wildman–Crippen MR) is 67.6 cm³/mol. The van der Waals surface area contributed by atoms with Crippen LogP contribution in [-0.2, 0) is 19.1 Å².